The van der Waals surface area contributed by atoms with Gasteiger partial charge in [-0.15, -0.1) is 0 Å². The highest BCUT2D eigenvalue weighted by atomic mass is 79.9. The van der Waals surface area contributed by atoms with E-state index in [2.05, 4.69) is 33.4 Å². The van der Waals surface area contributed by atoms with E-state index in [1.807, 2.05) is 44.3 Å². The van der Waals surface area contributed by atoms with E-state index >= 15 is 0 Å². The van der Waals surface area contributed by atoms with E-state index in [1.165, 1.54) is 0 Å². The monoisotopic (exact) mass is 367 g/mol. The van der Waals surface area contributed by atoms with E-state index in [-0.39, 0.29) is 6.04 Å². The average molecular weight is 369 g/mol. The molecule has 0 bridgehead atoms. The van der Waals surface area contributed by atoms with Gasteiger partial charge in [-0.2, -0.15) is 0 Å². The first-order chi connectivity index (χ1) is 10.2. The number of hydrogen-bond acceptors (Lipinski definition) is 2. The van der Waals surface area contributed by atoms with Crippen molar-refractivity contribution in [2.45, 2.75) is 19.4 Å². The van der Waals surface area contributed by atoms with Gasteiger partial charge in [-0.3, -0.25) is 0 Å². The lowest BCUT2D eigenvalue weighted by atomic mass is 9.98. The van der Waals surface area contributed by atoms with Crippen LogP contribution in [0.4, 0.5) is 0 Å². The van der Waals surface area contributed by atoms with Crippen LogP contribution in [-0.2, 0) is 6.42 Å². The fraction of sp³-hybridized carbons (Fsp3) is 0.294. The van der Waals surface area contributed by atoms with Crippen LogP contribution in [0.2, 0.25) is 5.02 Å². The molecule has 0 amide bonds. The van der Waals surface area contributed by atoms with Crippen molar-refractivity contribution >= 4 is 27.5 Å². The van der Waals surface area contributed by atoms with Crippen LogP contribution >= 0.6 is 27.5 Å². The molecule has 1 atom stereocenters. The molecule has 0 spiro atoms. The molecule has 21 heavy (non-hydrogen) atoms. The van der Waals surface area contributed by atoms with Crippen LogP contribution in [0.1, 0.15) is 24.1 Å². The second-order valence-corrected chi connectivity index (χ2v) is 6.07. The van der Waals surface area contributed by atoms with Crippen molar-refractivity contribution in [1.29, 1.82) is 0 Å². The number of ether oxygens (including phenoxy) is 1. The van der Waals surface area contributed by atoms with Crippen LogP contribution < -0.4 is 10.1 Å². The first-order valence-corrected chi connectivity index (χ1v) is 8.15. The number of likely N-dealkylation sites (N-methyl/N-ethyl adjacent to an activating group) is 1. The van der Waals surface area contributed by atoms with Crippen molar-refractivity contribution in [3.05, 3.63) is 63.1 Å². The van der Waals surface area contributed by atoms with Crippen LogP contribution in [0.15, 0.2) is 46.9 Å². The van der Waals surface area contributed by atoms with E-state index in [0.29, 0.717) is 6.61 Å². The maximum absolute atomic E-state index is 6.33. The molecule has 0 radical (unpaired) electrons. The third kappa shape index (κ3) is 4.22. The lowest BCUT2D eigenvalue weighted by Gasteiger charge is -2.20. The molecule has 2 rings (SSSR count). The molecular weight excluding hydrogens is 350 g/mol. The summed E-state index contributed by atoms with van der Waals surface area (Å²) >= 11 is 9.77. The van der Waals surface area contributed by atoms with Crippen molar-refractivity contribution < 1.29 is 4.74 Å². The molecule has 0 fully saturated rings. The van der Waals surface area contributed by atoms with Crippen molar-refractivity contribution in [2.75, 3.05) is 13.7 Å². The van der Waals surface area contributed by atoms with Gasteiger partial charge in [0, 0.05) is 21.1 Å². The Kier molecular flexibility index (Phi) is 6.09. The maximum Gasteiger partial charge on any atom is 0.124 e. The molecule has 0 aliphatic rings. The smallest absolute Gasteiger partial charge is 0.124 e. The molecule has 0 aromatic heterocycles. The van der Waals surface area contributed by atoms with Gasteiger partial charge in [0.1, 0.15) is 5.75 Å². The molecular formula is C17H19BrClNO. The van der Waals surface area contributed by atoms with E-state index in [4.69, 9.17) is 16.3 Å². The van der Waals surface area contributed by atoms with Crippen LogP contribution in [0.25, 0.3) is 0 Å². The number of rotatable bonds is 6. The summed E-state index contributed by atoms with van der Waals surface area (Å²) < 4.78 is 6.72. The van der Waals surface area contributed by atoms with Crippen molar-refractivity contribution in [3.63, 3.8) is 0 Å². The minimum atomic E-state index is 0.159. The highest BCUT2D eigenvalue weighted by molar-refractivity contribution is 9.10. The van der Waals surface area contributed by atoms with Gasteiger partial charge in [-0.05, 0) is 44.2 Å². The van der Waals surface area contributed by atoms with E-state index in [1.54, 1.807) is 0 Å². The van der Waals surface area contributed by atoms with Gasteiger partial charge < -0.3 is 10.1 Å². The first kappa shape index (κ1) is 16.3. The zero-order chi connectivity index (χ0) is 15.2. The summed E-state index contributed by atoms with van der Waals surface area (Å²) in [6, 6.07) is 14.3. The average Bonchev–Trinajstić information content (AvgIpc) is 2.48. The Morgan fingerprint density at radius 1 is 1.24 bits per heavy atom. The van der Waals surface area contributed by atoms with Gasteiger partial charge >= 0.3 is 0 Å². The van der Waals surface area contributed by atoms with Crippen LogP contribution in [-0.4, -0.2) is 13.7 Å². The maximum atomic E-state index is 6.33. The fourth-order valence-corrected chi connectivity index (χ4v) is 3.08. The molecule has 1 unspecified atom stereocenters. The summed E-state index contributed by atoms with van der Waals surface area (Å²) in [4.78, 5) is 0. The molecule has 4 heteroatoms. The Labute approximate surface area is 139 Å². The summed E-state index contributed by atoms with van der Waals surface area (Å²) in [5, 5.41) is 4.13. The van der Waals surface area contributed by atoms with Crippen LogP contribution in [0.5, 0.6) is 5.75 Å². The Bertz CT molecular complexity index is 603. The number of hydrogen-bond donors (Lipinski definition) is 1. The predicted molar refractivity (Wildman–Crippen MR) is 92.3 cm³/mol. The van der Waals surface area contributed by atoms with Gasteiger partial charge in [0.2, 0.25) is 0 Å². The number of nitrogens with one attached hydrogen (secondary N) is 1. The zero-order valence-corrected chi connectivity index (χ0v) is 14.5. The lowest BCUT2D eigenvalue weighted by molar-refractivity contribution is 0.332. The number of para-hydroxylation sites is 1. The van der Waals surface area contributed by atoms with Gasteiger partial charge in [0.05, 0.1) is 6.61 Å². The van der Waals surface area contributed by atoms with Gasteiger partial charge in [0.15, 0.2) is 0 Å². The van der Waals surface area contributed by atoms with Gasteiger partial charge in [0.25, 0.3) is 0 Å². The lowest BCUT2D eigenvalue weighted by Crippen LogP contribution is -2.20. The third-order valence-corrected chi connectivity index (χ3v) is 4.23. The SMILES string of the molecule is CCOc1ccccc1C(Cc1ccc(Br)cc1Cl)NC. The molecule has 112 valence electrons. The minimum Gasteiger partial charge on any atom is -0.494 e. The molecule has 2 aromatic carbocycles. The fourth-order valence-electron chi connectivity index (χ4n) is 2.33. The quantitative estimate of drug-likeness (QED) is 0.774. The normalized spacial score (nSPS) is 12.2. The van der Waals surface area contributed by atoms with Crippen LogP contribution in [0.3, 0.4) is 0 Å². The third-order valence-electron chi connectivity index (χ3n) is 3.38. The molecule has 0 heterocycles. The van der Waals surface area contributed by atoms with E-state index in [9.17, 15) is 0 Å². The number of benzene rings is 2. The Balaban J connectivity index is 2.27. The van der Waals surface area contributed by atoms with Crippen molar-refractivity contribution in [2.24, 2.45) is 0 Å². The second-order valence-electron chi connectivity index (χ2n) is 4.75. The Morgan fingerprint density at radius 2 is 2.00 bits per heavy atom. The molecule has 0 saturated heterocycles. The topological polar surface area (TPSA) is 21.3 Å². The predicted octanol–water partition coefficient (Wildman–Crippen LogP) is 5.00. The highest BCUT2D eigenvalue weighted by Crippen LogP contribution is 2.30. The first-order valence-electron chi connectivity index (χ1n) is 6.98. The summed E-state index contributed by atoms with van der Waals surface area (Å²) in [7, 11) is 1.96. The summed E-state index contributed by atoms with van der Waals surface area (Å²) in [6.45, 7) is 2.66. The van der Waals surface area contributed by atoms with E-state index in [0.717, 1.165) is 32.8 Å². The minimum absolute atomic E-state index is 0.159. The van der Waals surface area contributed by atoms with E-state index < -0.39 is 0 Å². The standard InChI is InChI=1S/C17H19BrClNO/c1-3-21-17-7-5-4-6-14(17)16(20-2)10-12-8-9-13(18)11-15(12)19/h4-9,11,16,20H,3,10H2,1-2H3. The molecule has 0 saturated carbocycles. The number of halogens is 2. The van der Waals surface area contributed by atoms with Gasteiger partial charge in [-0.25, -0.2) is 0 Å². The van der Waals surface area contributed by atoms with Crippen molar-refractivity contribution in [1.82, 2.24) is 5.32 Å². The highest BCUT2D eigenvalue weighted by Gasteiger charge is 2.16. The molecule has 0 aliphatic carbocycles. The largest absolute Gasteiger partial charge is 0.494 e. The summed E-state index contributed by atoms with van der Waals surface area (Å²) in [5.74, 6) is 0.924. The summed E-state index contributed by atoms with van der Waals surface area (Å²) in [5.41, 5.74) is 2.27. The van der Waals surface area contributed by atoms with Gasteiger partial charge in [-0.1, -0.05) is 51.8 Å². The molecule has 1 N–H and O–H groups in total. The molecule has 2 nitrogen and oxygen atoms in total. The van der Waals surface area contributed by atoms with Crippen LogP contribution in [0, 0.1) is 0 Å². The second kappa shape index (κ2) is 7.83. The Hall–Kier alpha value is -1.03. The van der Waals surface area contributed by atoms with Crippen molar-refractivity contribution in [3.8, 4) is 5.75 Å². The molecule has 0 aliphatic heterocycles. The Morgan fingerprint density at radius 3 is 2.67 bits per heavy atom. The summed E-state index contributed by atoms with van der Waals surface area (Å²) in [6.07, 6.45) is 0.812. The zero-order valence-electron chi connectivity index (χ0n) is 12.2. The molecule has 2 aromatic rings.